The van der Waals surface area contributed by atoms with E-state index in [4.69, 9.17) is 23.2 Å². The minimum atomic E-state index is -0.417. The molecule has 1 saturated heterocycles. The maximum Gasteiger partial charge on any atom is 0.142 e. The second kappa shape index (κ2) is 5.54. The van der Waals surface area contributed by atoms with Gasteiger partial charge in [-0.3, -0.25) is 10.6 Å². The molecule has 2 atom stereocenters. The standard InChI is InChI=1S/C15H14Cl2FN3/c1-15(10-3-5-13(17)19-7-10)14(20-8-21-15)9-2-4-11(16)12(18)6-9/h2-7,14,20-21H,8H2,1H3/t14-,15+/m1/s1. The summed E-state index contributed by atoms with van der Waals surface area (Å²) < 4.78 is 13.7. The summed E-state index contributed by atoms with van der Waals surface area (Å²) in [6.07, 6.45) is 1.74. The van der Waals surface area contributed by atoms with E-state index in [-0.39, 0.29) is 11.1 Å². The molecule has 6 heteroatoms. The lowest BCUT2D eigenvalue weighted by Crippen LogP contribution is -2.38. The lowest BCUT2D eigenvalue weighted by molar-refractivity contribution is 0.373. The van der Waals surface area contributed by atoms with E-state index in [0.717, 1.165) is 11.1 Å². The molecule has 1 fully saturated rings. The molecule has 1 aromatic carbocycles. The Morgan fingerprint density at radius 3 is 2.76 bits per heavy atom. The van der Waals surface area contributed by atoms with Crippen molar-refractivity contribution < 1.29 is 4.39 Å². The topological polar surface area (TPSA) is 37.0 Å². The lowest BCUT2D eigenvalue weighted by atomic mass is 9.83. The summed E-state index contributed by atoms with van der Waals surface area (Å²) >= 11 is 11.6. The third kappa shape index (κ3) is 2.64. The van der Waals surface area contributed by atoms with Crippen molar-refractivity contribution in [1.82, 2.24) is 15.6 Å². The second-order valence-corrected chi connectivity index (χ2v) is 6.03. The molecule has 0 radical (unpaired) electrons. The van der Waals surface area contributed by atoms with E-state index in [2.05, 4.69) is 22.5 Å². The SMILES string of the molecule is C[C@@]1(c2ccc(Cl)nc2)NCN[C@@H]1c1ccc(Cl)c(F)c1. The van der Waals surface area contributed by atoms with E-state index in [9.17, 15) is 4.39 Å². The molecule has 2 heterocycles. The fourth-order valence-electron chi connectivity index (χ4n) is 2.74. The van der Waals surface area contributed by atoms with Crippen LogP contribution >= 0.6 is 23.2 Å². The molecule has 3 nitrogen and oxygen atoms in total. The zero-order chi connectivity index (χ0) is 15.0. The Bertz CT molecular complexity index is 662. The van der Waals surface area contributed by atoms with Crippen molar-refractivity contribution in [3.63, 3.8) is 0 Å². The number of pyridine rings is 1. The van der Waals surface area contributed by atoms with Gasteiger partial charge in [0, 0.05) is 12.9 Å². The van der Waals surface area contributed by atoms with Gasteiger partial charge >= 0.3 is 0 Å². The number of halogens is 3. The van der Waals surface area contributed by atoms with Crippen LogP contribution in [0.3, 0.4) is 0 Å². The number of benzene rings is 1. The highest BCUT2D eigenvalue weighted by atomic mass is 35.5. The van der Waals surface area contributed by atoms with Crippen LogP contribution in [0.25, 0.3) is 0 Å². The van der Waals surface area contributed by atoms with Crippen molar-refractivity contribution in [3.8, 4) is 0 Å². The Labute approximate surface area is 132 Å². The summed E-state index contributed by atoms with van der Waals surface area (Å²) in [5.74, 6) is -0.417. The van der Waals surface area contributed by atoms with Gasteiger partial charge in [0.2, 0.25) is 0 Å². The zero-order valence-corrected chi connectivity index (χ0v) is 12.8. The number of hydrogen-bond acceptors (Lipinski definition) is 3. The first kappa shape index (κ1) is 14.7. The van der Waals surface area contributed by atoms with Gasteiger partial charge < -0.3 is 0 Å². The van der Waals surface area contributed by atoms with E-state index in [1.807, 2.05) is 12.1 Å². The molecular weight excluding hydrogens is 312 g/mol. The fourth-order valence-corrected chi connectivity index (χ4v) is 2.97. The van der Waals surface area contributed by atoms with Crippen LogP contribution in [-0.4, -0.2) is 11.7 Å². The van der Waals surface area contributed by atoms with Crippen LogP contribution in [0, 0.1) is 5.82 Å². The molecular formula is C15H14Cl2FN3. The first-order valence-electron chi connectivity index (χ1n) is 6.56. The molecule has 1 aliphatic heterocycles. The van der Waals surface area contributed by atoms with Gasteiger partial charge in [-0.1, -0.05) is 35.3 Å². The highest BCUT2D eigenvalue weighted by molar-refractivity contribution is 6.30. The van der Waals surface area contributed by atoms with Gasteiger partial charge in [0.1, 0.15) is 11.0 Å². The molecule has 21 heavy (non-hydrogen) atoms. The number of nitrogens with zero attached hydrogens (tertiary/aromatic N) is 1. The molecule has 0 unspecified atom stereocenters. The summed E-state index contributed by atoms with van der Waals surface area (Å²) in [4.78, 5) is 4.13. The molecule has 1 aromatic heterocycles. The first-order valence-corrected chi connectivity index (χ1v) is 7.32. The van der Waals surface area contributed by atoms with E-state index < -0.39 is 11.4 Å². The minimum Gasteiger partial charge on any atom is -0.296 e. The Morgan fingerprint density at radius 2 is 2.10 bits per heavy atom. The van der Waals surface area contributed by atoms with Crippen molar-refractivity contribution in [2.75, 3.05) is 6.67 Å². The van der Waals surface area contributed by atoms with Crippen molar-refractivity contribution in [3.05, 3.63) is 63.6 Å². The number of aromatic nitrogens is 1. The van der Waals surface area contributed by atoms with Crippen LogP contribution in [0.5, 0.6) is 0 Å². The molecule has 0 aliphatic carbocycles. The summed E-state index contributed by atoms with van der Waals surface area (Å²) in [6.45, 7) is 2.67. The van der Waals surface area contributed by atoms with Gasteiger partial charge in [0.15, 0.2) is 0 Å². The van der Waals surface area contributed by atoms with Gasteiger partial charge in [-0.05, 0) is 36.2 Å². The average Bonchev–Trinajstić information content (AvgIpc) is 2.86. The van der Waals surface area contributed by atoms with E-state index >= 15 is 0 Å². The Morgan fingerprint density at radius 1 is 1.29 bits per heavy atom. The molecule has 2 aromatic rings. The minimum absolute atomic E-state index is 0.0905. The van der Waals surface area contributed by atoms with E-state index in [1.165, 1.54) is 6.07 Å². The predicted molar refractivity (Wildman–Crippen MR) is 81.9 cm³/mol. The maximum atomic E-state index is 13.7. The Kier molecular flexibility index (Phi) is 3.88. The summed E-state index contributed by atoms with van der Waals surface area (Å²) in [5, 5.41) is 7.31. The van der Waals surface area contributed by atoms with Crippen molar-refractivity contribution in [2.24, 2.45) is 0 Å². The highest BCUT2D eigenvalue weighted by Crippen LogP contribution is 2.38. The molecule has 0 amide bonds. The third-order valence-electron chi connectivity index (χ3n) is 3.94. The number of nitrogens with one attached hydrogen (secondary N) is 2. The Balaban J connectivity index is 2.01. The van der Waals surface area contributed by atoms with Crippen LogP contribution in [0.4, 0.5) is 4.39 Å². The van der Waals surface area contributed by atoms with Crippen LogP contribution in [0.15, 0.2) is 36.5 Å². The lowest BCUT2D eigenvalue weighted by Gasteiger charge is -2.31. The molecule has 110 valence electrons. The molecule has 3 rings (SSSR count). The summed E-state index contributed by atoms with van der Waals surface area (Å²) in [7, 11) is 0. The number of hydrogen-bond donors (Lipinski definition) is 2. The van der Waals surface area contributed by atoms with Gasteiger partial charge in [0.25, 0.3) is 0 Å². The van der Waals surface area contributed by atoms with E-state index in [1.54, 1.807) is 18.3 Å². The highest BCUT2D eigenvalue weighted by Gasteiger charge is 2.41. The van der Waals surface area contributed by atoms with Gasteiger partial charge in [-0.2, -0.15) is 0 Å². The molecule has 1 aliphatic rings. The van der Waals surface area contributed by atoms with Crippen LogP contribution < -0.4 is 10.6 Å². The van der Waals surface area contributed by atoms with Crippen molar-refractivity contribution >= 4 is 23.2 Å². The van der Waals surface area contributed by atoms with Gasteiger partial charge in [0.05, 0.1) is 16.6 Å². The van der Waals surface area contributed by atoms with Crippen LogP contribution in [0.1, 0.15) is 24.1 Å². The van der Waals surface area contributed by atoms with Gasteiger partial charge in [-0.25, -0.2) is 9.37 Å². The van der Waals surface area contributed by atoms with Crippen LogP contribution in [-0.2, 0) is 5.54 Å². The van der Waals surface area contributed by atoms with Crippen molar-refractivity contribution in [2.45, 2.75) is 18.5 Å². The summed E-state index contributed by atoms with van der Waals surface area (Å²) in [5.41, 5.74) is 1.41. The zero-order valence-electron chi connectivity index (χ0n) is 11.3. The average molecular weight is 326 g/mol. The normalized spacial score (nSPS) is 25.2. The summed E-state index contributed by atoms with van der Waals surface area (Å²) in [6, 6.07) is 8.46. The third-order valence-corrected chi connectivity index (χ3v) is 4.47. The maximum absolute atomic E-state index is 13.7. The predicted octanol–water partition coefficient (Wildman–Crippen LogP) is 3.63. The Hall–Kier alpha value is -1.20. The monoisotopic (exact) mass is 325 g/mol. The second-order valence-electron chi connectivity index (χ2n) is 5.24. The molecule has 0 saturated carbocycles. The fraction of sp³-hybridized carbons (Fsp3) is 0.267. The molecule has 0 spiro atoms. The van der Waals surface area contributed by atoms with Gasteiger partial charge in [-0.15, -0.1) is 0 Å². The van der Waals surface area contributed by atoms with Crippen molar-refractivity contribution in [1.29, 1.82) is 0 Å². The van der Waals surface area contributed by atoms with E-state index in [0.29, 0.717) is 11.8 Å². The van der Waals surface area contributed by atoms with Crippen LogP contribution in [0.2, 0.25) is 10.2 Å². The molecule has 2 N–H and O–H groups in total. The number of rotatable bonds is 2. The smallest absolute Gasteiger partial charge is 0.142 e. The first-order chi connectivity index (χ1) is 10.0. The quantitative estimate of drug-likeness (QED) is 0.828. The molecule has 0 bridgehead atoms. The largest absolute Gasteiger partial charge is 0.296 e.